The van der Waals surface area contributed by atoms with Crippen molar-refractivity contribution >= 4 is 33.9 Å². The Kier molecular flexibility index (Phi) is 7.19. The fourth-order valence-electron chi connectivity index (χ4n) is 5.30. The third-order valence-corrected chi connectivity index (χ3v) is 7.27. The van der Waals surface area contributed by atoms with Crippen LogP contribution in [0.25, 0.3) is 10.8 Å². The minimum atomic E-state index is -0.512. The molecule has 0 amide bonds. The van der Waals surface area contributed by atoms with Gasteiger partial charge in [0.15, 0.2) is 23.1 Å². The minimum Gasteiger partial charge on any atom is -0.289 e. The molecule has 0 fully saturated rings. The van der Waals surface area contributed by atoms with Gasteiger partial charge < -0.3 is 0 Å². The van der Waals surface area contributed by atoms with Gasteiger partial charge in [-0.25, -0.2) is 0 Å². The highest BCUT2D eigenvalue weighted by atomic mass is 16.1. The second-order valence-electron chi connectivity index (χ2n) is 9.83. The van der Waals surface area contributed by atoms with Gasteiger partial charge in [-0.15, -0.1) is 0 Å². The van der Waals surface area contributed by atoms with Crippen LogP contribution in [0.5, 0.6) is 0 Å². The summed E-state index contributed by atoms with van der Waals surface area (Å²) in [7, 11) is 0. The highest BCUT2D eigenvalue weighted by Gasteiger charge is 2.34. The van der Waals surface area contributed by atoms with Crippen LogP contribution in [0.4, 0.5) is 0 Å². The molecular formula is C38H24O4. The lowest BCUT2D eigenvalue weighted by molar-refractivity contribution is 0.0983. The van der Waals surface area contributed by atoms with Gasteiger partial charge in [-0.3, -0.25) is 19.2 Å². The normalized spacial score (nSPS) is 10.8. The number of carbonyl (C=O) groups is 4. The first-order valence-corrected chi connectivity index (χ1v) is 13.5. The zero-order valence-electron chi connectivity index (χ0n) is 22.5. The van der Waals surface area contributed by atoms with Crippen molar-refractivity contribution in [2.24, 2.45) is 0 Å². The Labute approximate surface area is 242 Å². The van der Waals surface area contributed by atoms with Crippen molar-refractivity contribution in [3.8, 4) is 0 Å². The minimum absolute atomic E-state index is 0.0816. The molecule has 0 atom stereocenters. The van der Waals surface area contributed by atoms with E-state index in [0.29, 0.717) is 33.0 Å². The van der Waals surface area contributed by atoms with Crippen LogP contribution in [0.1, 0.15) is 63.7 Å². The summed E-state index contributed by atoms with van der Waals surface area (Å²) in [5, 5.41) is 0.851. The molecule has 0 aliphatic carbocycles. The molecular weight excluding hydrogens is 520 g/mol. The Bertz CT molecular complexity index is 1820. The molecule has 0 heterocycles. The topological polar surface area (TPSA) is 68.3 Å². The molecule has 0 saturated carbocycles. The van der Waals surface area contributed by atoms with Gasteiger partial charge >= 0.3 is 0 Å². The summed E-state index contributed by atoms with van der Waals surface area (Å²) in [5.41, 5.74) is 1.35. The molecule has 0 bridgehead atoms. The number of hydrogen-bond donors (Lipinski definition) is 0. The van der Waals surface area contributed by atoms with E-state index < -0.39 is 23.1 Å². The van der Waals surface area contributed by atoms with Crippen molar-refractivity contribution < 1.29 is 19.2 Å². The summed E-state index contributed by atoms with van der Waals surface area (Å²) >= 11 is 0. The number of benzene rings is 6. The summed E-state index contributed by atoms with van der Waals surface area (Å²) < 4.78 is 0. The maximum Gasteiger partial charge on any atom is 0.194 e. The number of ketones is 4. The number of fused-ring (bicyclic) bond motifs is 1. The molecule has 200 valence electrons. The first kappa shape index (κ1) is 26.5. The molecule has 6 aromatic carbocycles. The van der Waals surface area contributed by atoms with Crippen molar-refractivity contribution in [1.82, 2.24) is 0 Å². The first-order chi connectivity index (χ1) is 20.6. The van der Waals surface area contributed by atoms with Gasteiger partial charge in [0, 0.05) is 44.5 Å². The molecule has 0 radical (unpaired) electrons. The molecule has 0 aliphatic rings. The molecule has 4 nitrogen and oxygen atoms in total. The SMILES string of the molecule is O=C(c1ccccc1)c1c(C(=O)c2ccccc2)c(C(=O)c2ccccc2)c2ccccc2c1C(=O)c1ccccc1. The second-order valence-corrected chi connectivity index (χ2v) is 9.83. The lowest BCUT2D eigenvalue weighted by atomic mass is 9.78. The number of hydrogen-bond acceptors (Lipinski definition) is 4. The van der Waals surface area contributed by atoms with E-state index in [-0.39, 0.29) is 22.3 Å². The molecule has 0 spiro atoms. The summed E-state index contributed by atoms with van der Waals surface area (Å²) in [6, 6.07) is 41.3. The van der Waals surface area contributed by atoms with Crippen molar-refractivity contribution in [2.45, 2.75) is 0 Å². The van der Waals surface area contributed by atoms with Gasteiger partial charge in [-0.2, -0.15) is 0 Å². The van der Waals surface area contributed by atoms with Gasteiger partial charge in [0.25, 0.3) is 0 Å². The summed E-state index contributed by atoms with van der Waals surface area (Å²) in [6.45, 7) is 0. The fraction of sp³-hybridized carbons (Fsp3) is 0. The quantitative estimate of drug-likeness (QED) is 0.184. The van der Waals surface area contributed by atoms with Crippen molar-refractivity contribution in [3.63, 3.8) is 0 Å². The zero-order valence-corrected chi connectivity index (χ0v) is 22.5. The van der Waals surface area contributed by atoms with E-state index in [0.717, 1.165) is 0 Å². The molecule has 6 rings (SSSR count). The van der Waals surface area contributed by atoms with Gasteiger partial charge in [-0.05, 0) is 10.8 Å². The molecule has 0 N–H and O–H groups in total. The van der Waals surface area contributed by atoms with Crippen molar-refractivity contribution in [3.05, 3.63) is 190 Å². The monoisotopic (exact) mass is 544 g/mol. The van der Waals surface area contributed by atoms with Gasteiger partial charge in [0.1, 0.15) is 0 Å². The molecule has 0 saturated heterocycles. The van der Waals surface area contributed by atoms with Gasteiger partial charge in [0.2, 0.25) is 0 Å². The largest absolute Gasteiger partial charge is 0.289 e. The smallest absolute Gasteiger partial charge is 0.194 e. The average Bonchev–Trinajstić information content (AvgIpc) is 3.07. The van der Waals surface area contributed by atoms with E-state index >= 15 is 0 Å². The van der Waals surface area contributed by atoms with Crippen molar-refractivity contribution in [1.29, 1.82) is 0 Å². The fourth-order valence-corrected chi connectivity index (χ4v) is 5.30. The lowest BCUT2D eigenvalue weighted by Crippen LogP contribution is -2.22. The molecule has 0 aromatic heterocycles. The number of carbonyl (C=O) groups excluding carboxylic acids is 4. The molecule has 42 heavy (non-hydrogen) atoms. The first-order valence-electron chi connectivity index (χ1n) is 13.5. The van der Waals surface area contributed by atoms with E-state index in [9.17, 15) is 19.2 Å². The predicted octanol–water partition coefficient (Wildman–Crippen LogP) is 7.76. The van der Waals surface area contributed by atoms with Crippen LogP contribution < -0.4 is 0 Å². The van der Waals surface area contributed by atoms with Crippen LogP contribution in [-0.4, -0.2) is 23.1 Å². The van der Waals surface area contributed by atoms with Crippen LogP contribution >= 0.6 is 0 Å². The van der Waals surface area contributed by atoms with E-state index in [2.05, 4.69) is 0 Å². The van der Waals surface area contributed by atoms with Crippen LogP contribution in [0.2, 0.25) is 0 Å². The van der Waals surface area contributed by atoms with Crippen molar-refractivity contribution in [2.75, 3.05) is 0 Å². The van der Waals surface area contributed by atoms with E-state index in [4.69, 9.17) is 0 Å². The molecule has 6 aromatic rings. The molecule has 0 unspecified atom stereocenters. The Morgan fingerprint density at radius 2 is 0.476 bits per heavy atom. The van der Waals surface area contributed by atoms with E-state index in [1.165, 1.54) is 0 Å². The maximum absolute atomic E-state index is 14.5. The summed E-state index contributed by atoms with van der Waals surface area (Å²) in [6.07, 6.45) is 0. The molecule has 4 heteroatoms. The van der Waals surface area contributed by atoms with Crippen LogP contribution in [0.15, 0.2) is 146 Å². The van der Waals surface area contributed by atoms with Crippen LogP contribution in [-0.2, 0) is 0 Å². The van der Waals surface area contributed by atoms with E-state index in [1.807, 2.05) is 0 Å². The molecule has 0 aliphatic heterocycles. The maximum atomic E-state index is 14.5. The standard InChI is InChI=1S/C38H24O4/c39-35(25-15-5-1-6-16-25)31-29-23-13-14-24-30(29)32(36(40)26-17-7-2-8-18-26)34(38(42)28-21-11-4-12-22-28)33(31)37(41)27-19-9-3-10-20-27/h1-24H. The Hall–Kier alpha value is -5.74. The lowest BCUT2D eigenvalue weighted by Gasteiger charge is -2.21. The highest BCUT2D eigenvalue weighted by molar-refractivity contribution is 6.35. The number of rotatable bonds is 8. The summed E-state index contributed by atoms with van der Waals surface area (Å²) in [4.78, 5) is 57.7. The van der Waals surface area contributed by atoms with Crippen LogP contribution in [0.3, 0.4) is 0 Å². The Balaban J connectivity index is 1.80. The zero-order chi connectivity index (χ0) is 29.1. The predicted molar refractivity (Wildman–Crippen MR) is 163 cm³/mol. The summed E-state index contributed by atoms with van der Waals surface area (Å²) in [5.74, 6) is -1.84. The third kappa shape index (κ3) is 4.76. The highest BCUT2D eigenvalue weighted by Crippen LogP contribution is 2.36. The third-order valence-electron chi connectivity index (χ3n) is 7.27. The average molecular weight is 545 g/mol. The Morgan fingerprint density at radius 3 is 0.738 bits per heavy atom. The second kappa shape index (κ2) is 11.4. The Morgan fingerprint density at radius 1 is 0.262 bits per heavy atom. The van der Waals surface area contributed by atoms with Gasteiger partial charge in [-0.1, -0.05) is 146 Å². The van der Waals surface area contributed by atoms with Gasteiger partial charge in [0.05, 0.1) is 0 Å². The van der Waals surface area contributed by atoms with Crippen LogP contribution in [0, 0.1) is 0 Å². The van der Waals surface area contributed by atoms with E-state index in [1.54, 1.807) is 146 Å².